The van der Waals surface area contributed by atoms with Crippen molar-refractivity contribution in [1.82, 2.24) is 15.1 Å². The molecule has 1 amide bonds. The molecule has 4 rings (SSSR count). The van der Waals surface area contributed by atoms with Crippen LogP contribution >= 0.6 is 0 Å². The van der Waals surface area contributed by atoms with E-state index < -0.39 is 0 Å². The van der Waals surface area contributed by atoms with Crippen LogP contribution in [0.4, 0.5) is 0 Å². The Kier molecular flexibility index (Phi) is 5.85. The summed E-state index contributed by atoms with van der Waals surface area (Å²) < 4.78 is 11.5. The van der Waals surface area contributed by atoms with E-state index in [9.17, 15) is 4.79 Å². The molecule has 0 aliphatic heterocycles. The molecule has 0 N–H and O–H groups in total. The average molecular weight is 399 g/mol. The maximum Gasteiger partial charge on any atom is 0.254 e. The highest BCUT2D eigenvalue weighted by atomic mass is 16.5. The number of aromatic nitrogens is 2. The first kappa shape index (κ1) is 19.4. The zero-order chi connectivity index (χ0) is 20.8. The Hall–Kier alpha value is -3.93. The van der Waals surface area contributed by atoms with Crippen molar-refractivity contribution < 1.29 is 13.9 Å². The molecule has 6 heteroatoms. The van der Waals surface area contributed by atoms with Gasteiger partial charge in [-0.05, 0) is 35.9 Å². The van der Waals surface area contributed by atoms with Crippen LogP contribution in [0, 0.1) is 0 Å². The lowest BCUT2D eigenvalue weighted by atomic mass is 10.2. The SMILES string of the molecule is CN(Cc1nnc(-c2ccccc2)o1)C(=O)c1cccc(OCc2ccccc2)c1. The van der Waals surface area contributed by atoms with E-state index in [4.69, 9.17) is 9.15 Å². The number of hydrogen-bond acceptors (Lipinski definition) is 5. The molecule has 0 fully saturated rings. The van der Waals surface area contributed by atoms with Gasteiger partial charge in [0.1, 0.15) is 12.4 Å². The number of nitrogens with zero attached hydrogens (tertiary/aromatic N) is 3. The van der Waals surface area contributed by atoms with Crippen molar-refractivity contribution in [2.45, 2.75) is 13.2 Å². The van der Waals surface area contributed by atoms with Crippen molar-refractivity contribution >= 4 is 5.91 Å². The first-order valence-electron chi connectivity index (χ1n) is 9.59. The Labute approximate surface area is 174 Å². The summed E-state index contributed by atoms with van der Waals surface area (Å²) in [7, 11) is 1.70. The van der Waals surface area contributed by atoms with Crippen LogP contribution in [-0.2, 0) is 13.2 Å². The van der Waals surface area contributed by atoms with Crippen molar-refractivity contribution in [3.63, 3.8) is 0 Å². The summed E-state index contributed by atoms with van der Waals surface area (Å²) in [5, 5.41) is 8.12. The van der Waals surface area contributed by atoms with Crippen LogP contribution in [-0.4, -0.2) is 28.1 Å². The zero-order valence-corrected chi connectivity index (χ0v) is 16.6. The second kappa shape index (κ2) is 9.05. The topological polar surface area (TPSA) is 68.5 Å². The summed E-state index contributed by atoms with van der Waals surface area (Å²) in [4.78, 5) is 14.4. The number of carbonyl (C=O) groups is 1. The molecule has 0 aliphatic rings. The fourth-order valence-corrected chi connectivity index (χ4v) is 2.97. The molecule has 30 heavy (non-hydrogen) atoms. The summed E-state index contributed by atoms with van der Waals surface area (Å²) >= 11 is 0. The molecule has 6 nitrogen and oxygen atoms in total. The number of rotatable bonds is 7. The number of benzene rings is 3. The minimum atomic E-state index is -0.153. The van der Waals surface area contributed by atoms with Crippen LogP contribution in [0.2, 0.25) is 0 Å². The number of amides is 1. The maximum absolute atomic E-state index is 12.8. The van der Waals surface area contributed by atoms with Crippen molar-refractivity contribution in [3.05, 3.63) is 102 Å². The molecule has 3 aromatic carbocycles. The second-order valence-electron chi connectivity index (χ2n) is 6.83. The maximum atomic E-state index is 12.8. The van der Waals surface area contributed by atoms with Crippen molar-refractivity contribution in [3.8, 4) is 17.2 Å². The molecule has 0 saturated carbocycles. The highest BCUT2D eigenvalue weighted by Gasteiger charge is 2.16. The van der Waals surface area contributed by atoms with E-state index in [0.29, 0.717) is 29.7 Å². The minimum absolute atomic E-state index is 0.153. The van der Waals surface area contributed by atoms with Gasteiger partial charge in [-0.2, -0.15) is 0 Å². The van der Waals surface area contributed by atoms with Crippen molar-refractivity contribution in [2.24, 2.45) is 0 Å². The molecule has 0 bridgehead atoms. The molecule has 0 unspecified atom stereocenters. The molecule has 0 atom stereocenters. The zero-order valence-electron chi connectivity index (χ0n) is 16.6. The van der Waals surface area contributed by atoms with Crippen molar-refractivity contribution in [2.75, 3.05) is 7.05 Å². The summed E-state index contributed by atoms with van der Waals surface area (Å²) in [5.74, 6) is 1.30. The van der Waals surface area contributed by atoms with Crippen LogP contribution in [0.5, 0.6) is 5.75 Å². The lowest BCUT2D eigenvalue weighted by molar-refractivity contribution is 0.0772. The highest BCUT2D eigenvalue weighted by molar-refractivity contribution is 5.94. The van der Waals surface area contributed by atoms with E-state index in [1.165, 1.54) is 0 Å². The third-order valence-corrected chi connectivity index (χ3v) is 4.54. The number of hydrogen-bond donors (Lipinski definition) is 0. The lowest BCUT2D eigenvalue weighted by Gasteiger charge is -2.15. The summed E-state index contributed by atoms with van der Waals surface area (Å²) in [6.07, 6.45) is 0. The standard InChI is InChI=1S/C24H21N3O3/c1-27(16-22-25-26-23(30-22)19-11-6-3-7-12-19)24(28)20-13-8-14-21(15-20)29-17-18-9-4-2-5-10-18/h2-15H,16-17H2,1H3. The average Bonchev–Trinajstić information content (AvgIpc) is 3.27. The van der Waals surface area contributed by atoms with E-state index >= 15 is 0 Å². The Morgan fingerprint density at radius 1 is 0.933 bits per heavy atom. The Morgan fingerprint density at radius 3 is 2.43 bits per heavy atom. The summed E-state index contributed by atoms with van der Waals surface area (Å²) in [6, 6.07) is 26.6. The first-order chi connectivity index (χ1) is 14.7. The second-order valence-corrected chi connectivity index (χ2v) is 6.83. The van der Waals surface area contributed by atoms with Crippen LogP contribution in [0.15, 0.2) is 89.3 Å². The number of carbonyl (C=O) groups excluding carboxylic acids is 1. The van der Waals surface area contributed by atoms with Gasteiger partial charge in [0.2, 0.25) is 11.8 Å². The van der Waals surface area contributed by atoms with Gasteiger partial charge in [0.25, 0.3) is 5.91 Å². The van der Waals surface area contributed by atoms with Crippen LogP contribution in [0.25, 0.3) is 11.5 Å². The van der Waals surface area contributed by atoms with Gasteiger partial charge >= 0.3 is 0 Å². The van der Waals surface area contributed by atoms with Gasteiger partial charge in [0, 0.05) is 18.2 Å². The molecule has 0 saturated heterocycles. The lowest BCUT2D eigenvalue weighted by Crippen LogP contribution is -2.26. The molecule has 1 aromatic heterocycles. The summed E-state index contributed by atoms with van der Waals surface area (Å²) in [6.45, 7) is 0.659. The summed E-state index contributed by atoms with van der Waals surface area (Å²) in [5.41, 5.74) is 2.44. The molecule has 0 spiro atoms. The highest BCUT2D eigenvalue weighted by Crippen LogP contribution is 2.19. The largest absolute Gasteiger partial charge is 0.489 e. The third-order valence-electron chi connectivity index (χ3n) is 4.54. The first-order valence-corrected chi connectivity index (χ1v) is 9.59. The van der Waals surface area contributed by atoms with E-state index in [1.54, 1.807) is 24.1 Å². The molecule has 4 aromatic rings. The van der Waals surface area contributed by atoms with Gasteiger partial charge < -0.3 is 14.1 Å². The van der Waals surface area contributed by atoms with E-state index in [0.717, 1.165) is 11.1 Å². The van der Waals surface area contributed by atoms with Gasteiger partial charge in [-0.25, -0.2) is 0 Å². The van der Waals surface area contributed by atoms with E-state index in [2.05, 4.69) is 10.2 Å². The predicted octanol–water partition coefficient (Wildman–Crippen LogP) is 4.59. The number of ether oxygens (including phenoxy) is 1. The Bertz CT molecular complexity index is 1110. The fraction of sp³-hybridized carbons (Fsp3) is 0.125. The predicted molar refractivity (Wildman–Crippen MR) is 113 cm³/mol. The van der Waals surface area contributed by atoms with Crippen LogP contribution in [0.1, 0.15) is 21.8 Å². The Balaban J connectivity index is 1.40. The van der Waals surface area contributed by atoms with Gasteiger partial charge in [-0.1, -0.05) is 54.6 Å². The van der Waals surface area contributed by atoms with Crippen LogP contribution < -0.4 is 4.74 Å². The smallest absolute Gasteiger partial charge is 0.254 e. The van der Waals surface area contributed by atoms with Gasteiger partial charge in [-0.3, -0.25) is 4.79 Å². The van der Waals surface area contributed by atoms with Crippen molar-refractivity contribution in [1.29, 1.82) is 0 Å². The van der Waals surface area contributed by atoms with Crippen LogP contribution in [0.3, 0.4) is 0 Å². The molecular formula is C24H21N3O3. The van der Waals surface area contributed by atoms with Gasteiger partial charge in [0.15, 0.2) is 0 Å². The minimum Gasteiger partial charge on any atom is -0.489 e. The molecule has 150 valence electrons. The normalized spacial score (nSPS) is 10.6. The quantitative estimate of drug-likeness (QED) is 0.455. The molecular weight excluding hydrogens is 378 g/mol. The molecule has 1 heterocycles. The van der Waals surface area contributed by atoms with E-state index in [1.807, 2.05) is 72.8 Å². The Morgan fingerprint density at radius 2 is 1.67 bits per heavy atom. The fourth-order valence-electron chi connectivity index (χ4n) is 2.97. The third kappa shape index (κ3) is 4.72. The van der Waals surface area contributed by atoms with E-state index in [-0.39, 0.29) is 12.5 Å². The van der Waals surface area contributed by atoms with Gasteiger partial charge in [0.05, 0.1) is 6.54 Å². The van der Waals surface area contributed by atoms with Gasteiger partial charge in [-0.15, -0.1) is 10.2 Å². The monoisotopic (exact) mass is 399 g/mol. The molecule has 0 radical (unpaired) electrons. The molecule has 0 aliphatic carbocycles.